The van der Waals surface area contributed by atoms with E-state index in [-0.39, 0.29) is 5.57 Å². The molecule has 0 spiro atoms. The van der Waals surface area contributed by atoms with Crippen LogP contribution in [0, 0.1) is 0 Å². The minimum Gasteiger partial charge on any atom is -0.494 e. The van der Waals surface area contributed by atoms with Gasteiger partial charge in [0.25, 0.3) is 11.8 Å². The first-order chi connectivity index (χ1) is 19.0. The van der Waals surface area contributed by atoms with Gasteiger partial charge in [-0.25, -0.2) is 9.69 Å². The topological polar surface area (TPSA) is 80.6 Å². The average Bonchev–Trinajstić information content (AvgIpc) is 3.31. The third kappa shape index (κ3) is 5.48. The summed E-state index contributed by atoms with van der Waals surface area (Å²) in [6, 6.07) is 24.1. The van der Waals surface area contributed by atoms with Gasteiger partial charge in [-0.05, 0) is 60.7 Å². The minimum atomic E-state index is -0.751. The zero-order valence-corrected chi connectivity index (χ0v) is 22.1. The number of aryl methyl sites for hydroxylation is 1. The molecule has 1 N–H and O–H groups in total. The average molecular weight is 522 g/mol. The molecule has 7 nitrogen and oxygen atoms in total. The Bertz CT molecular complexity index is 1540. The van der Waals surface area contributed by atoms with Gasteiger partial charge in [0.2, 0.25) is 0 Å². The first kappa shape index (κ1) is 26.0. The van der Waals surface area contributed by atoms with Gasteiger partial charge in [-0.3, -0.25) is 14.9 Å². The highest BCUT2D eigenvalue weighted by molar-refractivity contribution is 6.39. The lowest BCUT2D eigenvalue weighted by Gasteiger charge is -2.26. The number of nitrogens with zero attached hydrogens (tertiary/aromatic N) is 2. The maximum Gasteiger partial charge on any atom is 0.335 e. The second kappa shape index (κ2) is 11.4. The fraction of sp³-hybridized carbons (Fsp3) is 0.219. The van der Waals surface area contributed by atoms with Crippen LogP contribution in [0.25, 0.3) is 17.0 Å². The molecule has 1 aliphatic rings. The standard InChI is InChI=1S/C32H31N3O4/c1-3-22(2)23-14-16-25(17-15-23)35-31(37)28(30(36)33-32(35)38)20-24-21-34(29-13-8-7-12-27(24)29)18-9-19-39-26-10-5-4-6-11-26/h4-8,10-17,20-22H,3,9,18-19H2,1-2H3,(H,33,36,38). The smallest absolute Gasteiger partial charge is 0.335 e. The highest BCUT2D eigenvalue weighted by atomic mass is 16.5. The molecule has 4 amide bonds. The molecule has 1 aromatic heterocycles. The van der Waals surface area contributed by atoms with Crippen LogP contribution in [0.3, 0.4) is 0 Å². The number of fused-ring (bicyclic) bond motifs is 1. The summed E-state index contributed by atoms with van der Waals surface area (Å²) in [7, 11) is 0. The molecule has 198 valence electrons. The van der Waals surface area contributed by atoms with E-state index in [2.05, 4.69) is 23.7 Å². The lowest BCUT2D eigenvalue weighted by atomic mass is 9.98. The number of barbiturate groups is 1. The highest BCUT2D eigenvalue weighted by Gasteiger charge is 2.37. The normalized spacial score (nSPS) is 15.6. The molecular weight excluding hydrogens is 490 g/mol. The van der Waals surface area contributed by atoms with Gasteiger partial charge >= 0.3 is 6.03 Å². The monoisotopic (exact) mass is 521 g/mol. The number of urea groups is 1. The van der Waals surface area contributed by atoms with Crippen molar-refractivity contribution in [1.29, 1.82) is 0 Å². The minimum absolute atomic E-state index is 0.0871. The van der Waals surface area contributed by atoms with Gasteiger partial charge in [0.05, 0.1) is 12.3 Å². The van der Waals surface area contributed by atoms with Crippen LogP contribution in [0.2, 0.25) is 0 Å². The third-order valence-corrected chi connectivity index (χ3v) is 7.11. The molecule has 5 rings (SSSR count). The number of amides is 4. The summed E-state index contributed by atoms with van der Waals surface area (Å²) in [5.74, 6) is -0.154. The Morgan fingerprint density at radius 3 is 2.38 bits per heavy atom. The number of carbonyl (C=O) groups is 3. The molecule has 1 aliphatic heterocycles. The Morgan fingerprint density at radius 1 is 0.923 bits per heavy atom. The molecule has 39 heavy (non-hydrogen) atoms. The maximum absolute atomic E-state index is 13.5. The van der Waals surface area contributed by atoms with Crippen LogP contribution < -0.4 is 15.0 Å². The van der Waals surface area contributed by atoms with Crippen molar-refractivity contribution in [1.82, 2.24) is 9.88 Å². The summed E-state index contributed by atoms with van der Waals surface area (Å²) >= 11 is 0. The largest absolute Gasteiger partial charge is 0.494 e. The predicted molar refractivity (Wildman–Crippen MR) is 153 cm³/mol. The van der Waals surface area contributed by atoms with Gasteiger partial charge in [-0.2, -0.15) is 0 Å². The number of aromatic nitrogens is 1. The van der Waals surface area contributed by atoms with Crippen LogP contribution >= 0.6 is 0 Å². The molecule has 0 saturated carbocycles. The summed E-state index contributed by atoms with van der Waals surface area (Å²) < 4.78 is 7.92. The molecule has 2 heterocycles. The lowest BCUT2D eigenvalue weighted by Crippen LogP contribution is -2.54. The van der Waals surface area contributed by atoms with E-state index >= 15 is 0 Å². The molecule has 1 unspecified atom stereocenters. The van der Waals surface area contributed by atoms with E-state index in [9.17, 15) is 14.4 Å². The van der Waals surface area contributed by atoms with Crippen molar-refractivity contribution in [2.24, 2.45) is 0 Å². The number of benzene rings is 3. The first-order valence-corrected chi connectivity index (χ1v) is 13.2. The van der Waals surface area contributed by atoms with Crippen molar-refractivity contribution in [3.63, 3.8) is 0 Å². The third-order valence-electron chi connectivity index (χ3n) is 7.11. The van der Waals surface area contributed by atoms with Gasteiger partial charge in [-0.1, -0.05) is 62.4 Å². The van der Waals surface area contributed by atoms with Crippen LogP contribution in [-0.2, 0) is 16.1 Å². The number of nitrogens with one attached hydrogen (secondary N) is 1. The Labute approximate surface area is 227 Å². The molecule has 0 aliphatic carbocycles. The number of rotatable bonds is 9. The van der Waals surface area contributed by atoms with E-state index in [1.165, 1.54) is 0 Å². The first-order valence-electron chi connectivity index (χ1n) is 13.2. The van der Waals surface area contributed by atoms with Crippen molar-refractivity contribution in [2.45, 2.75) is 39.2 Å². The molecule has 1 saturated heterocycles. The number of carbonyl (C=O) groups excluding carboxylic acids is 3. The summed E-state index contributed by atoms with van der Waals surface area (Å²) in [6.07, 6.45) is 5.27. The molecule has 1 fully saturated rings. The van der Waals surface area contributed by atoms with Crippen molar-refractivity contribution >= 4 is 40.5 Å². The SMILES string of the molecule is CCC(C)c1ccc(N2C(=O)NC(=O)C(=Cc3cn(CCCOc4ccccc4)c4ccccc34)C2=O)cc1. The number of para-hydroxylation sites is 2. The van der Waals surface area contributed by atoms with Gasteiger partial charge < -0.3 is 9.30 Å². The summed E-state index contributed by atoms with van der Waals surface area (Å²) in [5.41, 5.74) is 3.18. The number of anilines is 1. The number of ether oxygens (including phenoxy) is 1. The molecule has 0 radical (unpaired) electrons. The predicted octanol–water partition coefficient (Wildman–Crippen LogP) is 6.29. The Balaban J connectivity index is 1.39. The number of imide groups is 2. The molecule has 0 bridgehead atoms. The molecular formula is C32H31N3O4. The fourth-order valence-electron chi connectivity index (χ4n) is 4.75. The summed E-state index contributed by atoms with van der Waals surface area (Å²) in [5, 5.41) is 3.24. The quantitative estimate of drug-likeness (QED) is 0.159. The zero-order valence-electron chi connectivity index (χ0n) is 22.1. The zero-order chi connectivity index (χ0) is 27.4. The lowest BCUT2D eigenvalue weighted by molar-refractivity contribution is -0.122. The second-order valence-corrected chi connectivity index (χ2v) is 9.67. The second-order valence-electron chi connectivity index (χ2n) is 9.67. The van der Waals surface area contributed by atoms with Crippen LogP contribution in [0.5, 0.6) is 5.75 Å². The van der Waals surface area contributed by atoms with E-state index in [0.717, 1.165) is 45.5 Å². The van der Waals surface area contributed by atoms with Gasteiger partial charge in [0.15, 0.2) is 0 Å². The van der Waals surface area contributed by atoms with Crippen molar-refractivity contribution < 1.29 is 19.1 Å². The van der Waals surface area contributed by atoms with E-state index in [4.69, 9.17) is 4.74 Å². The van der Waals surface area contributed by atoms with Crippen LogP contribution in [0.15, 0.2) is 90.6 Å². The highest BCUT2D eigenvalue weighted by Crippen LogP contribution is 2.28. The fourth-order valence-corrected chi connectivity index (χ4v) is 4.75. The Hall–Kier alpha value is -4.65. The number of hydrogen-bond donors (Lipinski definition) is 1. The molecule has 7 heteroatoms. The van der Waals surface area contributed by atoms with E-state index in [1.807, 2.05) is 72.9 Å². The van der Waals surface area contributed by atoms with Crippen LogP contribution in [0.4, 0.5) is 10.5 Å². The van der Waals surface area contributed by atoms with Crippen LogP contribution in [-0.4, -0.2) is 29.0 Å². The van der Waals surface area contributed by atoms with Crippen molar-refractivity contribution in [3.05, 3.63) is 102 Å². The molecule has 1 atom stereocenters. The Morgan fingerprint density at radius 2 is 1.64 bits per heavy atom. The van der Waals surface area contributed by atoms with Gasteiger partial charge in [0.1, 0.15) is 11.3 Å². The molecule has 4 aromatic rings. The molecule has 3 aromatic carbocycles. The van der Waals surface area contributed by atoms with Gasteiger partial charge in [-0.15, -0.1) is 0 Å². The Kier molecular flexibility index (Phi) is 7.59. The van der Waals surface area contributed by atoms with E-state index in [0.29, 0.717) is 24.8 Å². The summed E-state index contributed by atoms with van der Waals surface area (Å²) in [4.78, 5) is 40.0. The van der Waals surface area contributed by atoms with Gasteiger partial charge in [0, 0.05) is 29.2 Å². The maximum atomic E-state index is 13.5. The van der Waals surface area contributed by atoms with E-state index < -0.39 is 17.8 Å². The summed E-state index contributed by atoms with van der Waals surface area (Å²) in [6.45, 7) is 5.49. The number of hydrogen-bond acceptors (Lipinski definition) is 4. The van der Waals surface area contributed by atoms with Crippen molar-refractivity contribution in [3.8, 4) is 5.75 Å². The van der Waals surface area contributed by atoms with E-state index in [1.54, 1.807) is 18.2 Å². The van der Waals surface area contributed by atoms with Crippen molar-refractivity contribution in [2.75, 3.05) is 11.5 Å². The van der Waals surface area contributed by atoms with Crippen LogP contribution in [0.1, 0.15) is 43.7 Å².